The van der Waals surface area contributed by atoms with Crippen LogP contribution in [0.25, 0.3) is 11.3 Å². The van der Waals surface area contributed by atoms with E-state index in [1.165, 1.54) is 6.39 Å². The first-order valence-electron chi connectivity index (χ1n) is 8.86. The quantitative estimate of drug-likeness (QED) is 0.836. The molecule has 26 heavy (non-hydrogen) atoms. The maximum atomic E-state index is 13.2. The van der Waals surface area contributed by atoms with Crippen molar-refractivity contribution in [2.24, 2.45) is 0 Å². The highest BCUT2D eigenvalue weighted by atomic mass is 16.5. The van der Waals surface area contributed by atoms with Gasteiger partial charge in [0.25, 0.3) is 5.91 Å². The van der Waals surface area contributed by atoms with E-state index in [9.17, 15) is 4.79 Å². The summed E-state index contributed by atoms with van der Waals surface area (Å²) in [5, 5.41) is 0. The number of benzene rings is 1. The van der Waals surface area contributed by atoms with Gasteiger partial charge in [0, 0.05) is 25.2 Å². The number of likely N-dealkylation sites (N-methyl/N-ethyl adjacent to an activating group) is 1. The van der Waals surface area contributed by atoms with Crippen LogP contribution in [0.4, 0.5) is 0 Å². The SMILES string of the molecule is COc1ccc(-c2ocnc2C(=O)N2CCO[C@@H]3CCN(C)C[C@H]32)cc1. The predicted molar refractivity (Wildman–Crippen MR) is 95.2 cm³/mol. The zero-order valence-electron chi connectivity index (χ0n) is 15.1. The molecule has 2 atom stereocenters. The first-order valence-corrected chi connectivity index (χ1v) is 8.86. The number of amides is 1. The maximum absolute atomic E-state index is 13.2. The van der Waals surface area contributed by atoms with Crippen LogP contribution in [0.5, 0.6) is 5.75 Å². The molecule has 2 fully saturated rings. The Kier molecular flexibility index (Phi) is 4.65. The fraction of sp³-hybridized carbons (Fsp3) is 0.474. The summed E-state index contributed by atoms with van der Waals surface area (Å²) in [6.07, 6.45) is 2.37. The lowest BCUT2D eigenvalue weighted by atomic mass is 9.98. The number of oxazole rings is 1. The number of likely N-dealkylation sites (tertiary alicyclic amines) is 1. The number of hydrogen-bond acceptors (Lipinski definition) is 6. The van der Waals surface area contributed by atoms with Crippen LogP contribution < -0.4 is 4.74 Å². The van der Waals surface area contributed by atoms with Crippen molar-refractivity contribution < 1.29 is 18.7 Å². The van der Waals surface area contributed by atoms with Gasteiger partial charge in [0.05, 0.1) is 25.9 Å². The van der Waals surface area contributed by atoms with Crippen LogP contribution in [-0.4, -0.2) is 73.2 Å². The molecule has 138 valence electrons. The summed E-state index contributed by atoms with van der Waals surface area (Å²) >= 11 is 0. The minimum Gasteiger partial charge on any atom is -0.497 e. The molecule has 2 aliphatic rings. The van der Waals surface area contributed by atoms with Gasteiger partial charge in [-0.3, -0.25) is 4.79 Å². The second kappa shape index (κ2) is 7.09. The van der Waals surface area contributed by atoms with Crippen LogP contribution >= 0.6 is 0 Å². The Morgan fingerprint density at radius 3 is 2.85 bits per heavy atom. The molecule has 1 aromatic carbocycles. The molecular weight excluding hydrogens is 334 g/mol. The number of fused-ring (bicyclic) bond motifs is 1. The minimum atomic E-state index is -0.0989. The first kappa shape index (κ1) is 17.1. The summed E-state index contributed by atoms with van der Waals surface area (Å²) in [5.74, 6) is 1.14. The normalized spacial score (nSPS) is 23.5. The number of morpholine rings is 1. The van der Waals surface area contributed by atoms with Gasteiger partial charge < -0.3 is 23.7 Å². The Balaban J connectivity index is 1.61. The third kappa shape index (κ3) is 3.08. The standard InChI is InChI=1S/C19H23N3O4/c1-21-8-7-16-15(11-21)22(9-10-25-16)19(23)17-18(26-12-20-17)13-3-5-14(24-2)6-4-13/h3-6,12,15-16H,7-11H2,1-2H3/t15-,16-/m1/s1. The topological polar surface area (TPSA) is 68.0 Å². The molecule has 0 spiro atoms. The van der Waals surface area contributed by atoms with Crippen LogP contribution in [0.1, 0.15) is 16.9 Å². The van der Waals surface area contributed by atoms with Gasteiger partial charge in [0.1, 0.15) is 5.75 Å². The number of nitrogens with zero attached hydrogens (tertiary/aromatic N) is 3. The van der Waals surface area contributed by atoms with E-state index in [-0.39, 0.29) is 18.1 Å². The van der Waals surface area contributed by atoms with Crippen molar-refractivity contribution in [3.05, 3.63) is 36.4 Å². The van der Waals surface area contributed by atoms with Gasteiger partial charge in [0.2, 0.25) is 0 Å². The lowest BCUT2D eigenvalue weighted by Gasteiger charge is -2.46. The number of carbonyl (C=O) groups is 1. The third-order valence-corrected chi connectivity index (χ3v) is 5.17. The van der Waals surface area contributed by atoms with Crippen LogP contribution in [0.3, 0.4) is 0 Å². The van der Waals surface area contributed by atoms with Crippen molar-refractivity contribution in [1.82, 2.24) is 14.8 Å². The zero-order chi connectivity index (χ0) is 18.1. The van der Waals surface area contributed by atoms with Crippen LogP contribution in [-0.2, 0) is 4.74 Å². The molecule has 3 heterocycles. The van der Waals surface area contributed by atoms with Gasteiger partial charge in [-0.15, -0.1) is 0 Å². The minimum absolute atomic E-state index is 0.0513. The summed E-state index contributed by atoms with van der Waals surface area (Å²) in [4.78, 5) is 21.6. The van der Waals surface area contributed by atoms with Gasteiger partial charge in [0.15, 0.2) is 17.8 Å². The molecule has 0 radical (unpaired) electrons. The average Bonchev–Trinajstić information content (AvgIpc) is 3.17. The second-order valence-electron chi connectivity index (χ2n) is 6.78. The second-order valence-corrected chi connectivity index (χ2v) is 6.78. The molecule has 1 aromatic heterocycles. The van der Waals surface area contributed by atoms with E-state index in [1.54, 1.807) is 7.11 Å². The van der Waals surface area contributed by atoms with E-state index in [1.807, 2.05) is 29.2 Å². The molecule has 0 aliphatic carbocycles. The summed E-state index contributed by atoms with van der Waals surface area (Å²) in [5.41, 5.74) is 1.15. The number of carbonyl (C=O) groups excluding carboxylic acids is 1. The fourth-order valence-electron chi connectivity index (χ4n) is 3.76. The lowest BCUT2D eigenvalue weighted by molar-refractivity contribution is -0.0870. The van der Waals surface area contributed by atoms with E-state index in [2.05, 4.69) is 16.9 Å². The number of ether oxygens (including phenoxy) is 2. The molecule has 7 heteroatoms. The molecule has 4 rings (SSSR count). The molecule has 2 aliphatic heterocycles. The number of piperidine rings is 1. The molecule has 0 N–H and O–H groups in total. The van der Waals surface area contributed by atoms with E-state index >= 15 is 0 Å². The largest absolute Gasteiger partial charge is 0.497 e. The number of methoxy groups -OCH3 is 1. The van der Waals surface area contributed by atoms with Crippen LogP contribution in [0.2, 0.25) is 0 Å². The van der Waals surface area contributed by atoms with E-state index in [0.29, 0.717) is 24.6 Å². The fourth-order valence-corrected chi connectivity index (χ4v) is 3.76. The molecule has 2 aromatic rings. The molecular formula is C19H23N3O4. The summed E-state index contributed by atoms with van der Waals surface area (Å²) in [7, 11) is 3.70. The van der Waals surface area contributed by atoms with Crippen molar-refractivity contribution in [1.29, 1.82) is 0 Å². The van der Waals surface area contributed by atoms with Crippen LogP contribution in [0.15, 0.2) is 35.1 Å². The summed E-state index contributed by atoms with van der Waals surface area (Å²) < 4.78 is 16.6. The Labute approximate surface area is 152 Å². The zero-order valence-corrected chi connectivity index (χ0v) is 15.1. The molecule has 7 nitrogen and oxygen atoms in total. The molecule has 0 saturated carbocycles. The Hall–Kier alpha value is -2.38. The maximum Gasteiger partial charge on any atom is 0.276 e. The van der Waals surface area contributed by atoms with Gasteiger partial charge in [-0.1, -0.05) is 0 Å². The number of rotatable bonds is 3. The van der Waals surface area contributed by atoms with Crippen molar-refractivity contribution >= 4 is 5.91 Å². The number of aromatic nitrogens is 1. The van der Waals surface area contributed by atoms with Gasteiger partial charge >= 0.3 is 0 Å². The van der Waals surface area contributed by atoms with Crippen molar-refractivity contribution in [3.63, 3.8) is 0 Å². The Morgan fingerprint density at radius 1 is 1.27 bits per heavy atom. The highest BCUT2D eigenvalue weighted by molar-refractivity contribution is 5.98. The highest BCUT2D eigenvalue weighted by Gasteiger charge is 2.40. The smallest absolute Gasteiger partial charge is 0.276 e. The highest BCUT2D eigenvalue weighted by Crippen LogP contribution is 2.29. The lowest BCUT2D eigenvalue weighted by Crippen LogP contribution is -2.60. The van der Waals surface area contributed by atoms with Gasteiger partial charge in [-0.2, -0.15) is 0 Å². The van der Waals surface area contributed by atoms with E-state index in [4.69, 9.17) is 13.9 Å². The predicted octanol–water partition coefficient (Wildman–Crippen LogP) is 1.90. The molecule has 0 unspecified atom stereocenters. The molecule has 1 amide bonds. The Bertz CT molecular complexity index is 773. The van der Waals surface area contributed by atoms with Crippen molar-refractivity contribution in [2.75, 3.05) is 40.4 Å². The molecule has 2 saturated heterocycles. The van der Waals surface area contributed by atoms with E-state index in [0.717, 1.165) is 30.8 Å². The first-order chi connectivity index (χ1) is 12.7. The number of hydrogen-bond donors (Lipinski definition) is 0. The Morgan fingerprint density at radius 2 is 2.08 bits per heavy atom. The van der Waals surface area contributed by atoms with Gasteiger partial charge in [-0.25, -0.2) is 4.98 Å². The molecule has 0 bridgehead atoms. The van der Waals surface area contributed by atoms with Crippen molar-refractivity contribution in [3.8, 4) is 17.1 Å². The average molecular weight is 357 g/mol. The summed E-state index contributed by atoms with van der Waals surface area (Å²) in [6.45, 7) is 2.94. The van der Waals surface area contributed by atoms with Crippen molar-refractivity contribution in [2.45, 2.75) is 18.6 Å². The van der Waals surface area contributed by atoms with Gasteiger partial charge in [-0.05, 0) is 37.7 Å². The third-order valence-electron chi connectivity index (χ3n) is 5.17. The van der Waals surface area contributed by atoms with E-state index < -0.39 is 0 Å². The summed E-state index contributed by atoms with van der Waals surface area (Å²) in [6, 6.07) is 7.47. The monoisotopic (exact) mass is 357 g/mol. The van der Waals surface area contributed by atoms with Crippen LogP contribution in [0, 0.1) is 0 Å².